The first-order chi connectivity index (χ1) is 15.1. The number of benzene rings is 1. The van der Waals surface area contributed by atoms with Gasteiger partial charge in [0.2, 0.25) is 0 Å². The Morgan fingerprint density at radius 2 is 1.94 bits per heavy atom. The third-order valence-corrected chi connectivity index (χ3v) is 4.78. The van der Waals surface area contributed by atoms with E-state index in [1.54, 1.807) is 29.0 Å². The Morgan fingerprint density at radius 1 is 1.25 bits per heavy atom. The molecule has 0 saturated carbocycles. The molecule has 0 unspecified atom stereocenters. The molecule has 170 valence electrons. The van der Waals surface area contributed by atoms with E-state index in [4.69, 9.17) is 9.90 Å². The molecule has 0 aliphatic carbocycles. The van der Waals surface area contributed by atoms with Gasteiger partial charge in [-0.3, -0.25) is 14.5 Å². The van der Waals surface area contributed by atoms with Gasteiger partial charge in [0, 0.05) is 50.7 Å². The van der Waals surface area contributed by atoms with Crippen LogP contribution < -0.4 is 5.32 Å². The third kappa shape index (κ3) is 5.78. The molecule has 0 spiro atoms. The quantitative estimate of drug-likeness (QED) is 0.611. The second-order valence-electron chi connectivity index (χ2n) is 7.31. The second-order valence-corrected chi connectivity index (χ2v) is 7.31. The van der Waals surface area contributed by atoms with Crippen molar-refractivity contribution in [2.75, 3.05) is 20.1 Å². The van der Waals surface area contributed by atoms with Gasteiger partial charge in [0.15, 0.2) is 5.69 Å². The van der Waals surface area contributed by atoms with Crippen LogP contribution in [0.5, 0.6) is 0 Å². The number of nitrogens with one attached hydrogen (secondary N) is 1. The number of aliphatic carboxylic acids is 1. The van der Waals surface area contributed by atoms with Crippen molar-refractivity contribution in [1.82, 2.24) is 30.2 Å². The van der Waals surface area contributed by atoms with Gasteiger partial charge in [0.25, 0.3) is 5.91 Å². The maximum Gasteiger partial charge on any atom is 0.490 e. The number of carbonyl (C=O) groups excluding carboxylic acids is 1. The summed E-state index contributed by atoms with van der Waals surface area (Å²) < 4.78 is 33.5. The van der Waals surface area contributed by atoms with E-state index in [0.29, 0.717) is 18.2 Å². The van der Waals surface area contributed by atoms with E-state index in [9.17, 15) is 18.0 Å². The number of hydrogen-bond acceptors (Lipinski definition) is 6. The lowest BCUT2D eigenvalue weighted by molar-refractivity contribution is -0.192. The molecule has 32 heavy (non-hydrogen) atoms. The van der Waals surface area contributed by atoms with Crippen LogP contribution in [-0.2, 0) is 17.9 Å². The van der Waals surface area contributed by atoms with Crippen LogP contribution in [0.4, 0.5) is 13.2 Å². The minimum absolute atomic E-state index is 0.133. The summed E-state index contributed by atoms with van der Waals surface area (Å²) in [6, 6.07) is 9.94. The summed E-state index contributed by atoms with van der Waals surface area (Å²) in [5, 5.41) is 19.5. The average Bonchev–Trinajstić information content (AvgIpc) is 3.19. The summed E-state index contributed by atoms with van der Waals surface area (Å²) in [6.07, 6.45) is -1.58. The van der Waals surface area contributed by atoms with Crippen molar-refractivity contribution < 1.29 is 27.9 Å². The van der Waals surface area contributed by atoms with Gasteiger partial charge in [-0.25, -0.2) is 4.79 Å². The minimum atomic E-state index is -5.08. The maximum atomic E-state index is 12.6. The van der Waals surface area contributed by atoms with E-state index < -0.39 is 12.1 Å². The molecule has 1 aliphatic rings. The van der Waals surface area contributed by atoms with E-state index in [1.165, 1.54) is 0 Å². The Kier molecular flexibility index (Phi) is 7.03. The molecule has 3 aromatic rings. The first kappa shape index (κ1) is 23.1. The van der Waals surface area contributed by atoms with Crippen LogP contribution >= 0.6 is 0 Å². The zero-order valence-corrected chi connectivity index (χ0v) is 17.1. The fourth-order valence-corrected chi connectivity index (χ4v) is 3.05. The first-order valence-corrected chi connectivity index (χ1v) is 9.64. The molecule has 0 radical (unpaired) electrons. The van der Waals surface area contributed by atoms with Gasteiger partial charge in [0.1, 0.15) is 0 Å². The number of nitrogens with zero attached hydrogens (tertiary/aromatic N) is 5. The lowest BCUT2D eigenvalue weighted by atomic mass is 10.0. The van der Waals surface area contributed by atoms with Crippen LogP contribution in [-0.4, -0.2) is 68.2 Å². The predicted octanol–water partition coefficient (Wildman–Crippen LogP) is 1.95. The largest absolute Gasteiger partial charge is 0.490 e. The van der Waals surface area contributed by atoms with Crippen molar-refractivity contribution in [1.29, 1.82) is 0 Å². The van der Waals surface area contributed by atoms with Gasteiger partial charge in [-0.1, -0.05) is 29.5 Å². The van der Waals surface area contributed by atoms with Crippen LogP contribution in [0.25, 0.3) is 10.9 Å². The van der Waals surface area contributed by atoms with E-state index >= 15 is 0 Å². The van der Waals surface area contributed by atoms with Crippen molar-refractivity contribution in [3.05, 3.63) is 54.0 Å². The highest BCUT2D eigenvalue weighted by molar-refractivity contribution is 5.92. The highest BCUT2D eigenvalue weighted by atomic mass is 19.4. The molecule has 1 fully saturated rings. The van der Waals surface area contributed by atoms with E-state index in [1.807, 2.05) is 30.3 Å². The van der Waals surface area contributed by atoms with Crippen LogP contribution in [0.15, 0.2) is 42.7 Å². The number of alkyl halides is 3. The molecule has 0 atom stereocenters. The van der Waals surface area contributed by atoms with E-state index in [0.717, 1.165) is 36.1 Å². The van der Waals surface area contributed by atoms with E-state index in [-0.39, 0.29) is 5.91 Å². The monoisotopic (exact) mass is 450 g/mol. The molecule has 4 rings (SSSR count). The third-order valence-electron chi connectivity index (χ3n) is 4.78. The molecular formula is C20H21F3N6O3. The molecule has 1 aromatic carbocycles. The number of carboxylic acid groups (broad SMARTS) is 1. The Hall–Kier alpha value is -3.54. The van der Waals surface area contributed by atoms with Crippen LogP contribution in [0, 0.1) is 5.92 Å². The minimum Gasteiger partial charge on any atom is -0.475 e. The lowest BCUT2D eigenvalue weighted by Crippen LogP contribution is -2.44. The average molecular weight is 450 g/mol. The highest BCUT2D eigenvalue weighted by Gasteiger charge is 2.38. The Balaban J connectivity index is 0.000000360. The summed E-state index contributed by atoms with van der Waals surface area (Å²) in [5.41, 5.74) is 2.32. The summed E-state index contributed by atoms with van der Waals surface area (Å²) in [5.74, 6) is -2.32. The number of carbonyl (C=O) groups is 2. The van der Waals surface area contributed by atoms with E-state index in [2.05, 4.69) is 20.6 Å². The van der Waals surface area contributed by atoms with Gasteiger partial charge < -0.3 is 15.3 Å². The number of amides is 1. The van der Waals surface area contributed by atoms with Crippen molar-refractivity contribution in [3.8, 4) is 0 Å². The fourth-order valence-electron chi connectivity index (χ4n) is 3.05. The SMILES string of the molecule is CN(Cc1cccc2cccnc12)C(=O)c1cn(CC2CNC2)nn1.O=C(O)C(F)(F)F. The second kappa shape index (κ2) is 9.73. The lowest BCUT2D eigenvalue weighted by Gasteiger charge is -2.26. The number of hydrogen-bond donors (Lipinski definition) is 2. The van der Waals surface area contributed by atoms with Gasteiger partial charge in [0.05, 0.1) is 11.7 Å². The highest BCUT2D eigenvalue weighted by Crippen LogP contribution is 2.18. The molecule has 2 N–H and O–H groups in total. The smallest absolute Gasteiger partial charge is 0.475 e. The van der Waals surface area contributed by atoms with Crippen molar-refractivity contribution in [3.63, 3.8) is 0 Å². The zero-order chi connectivity index (χ0) is 23.3. The van der Waals surface area contributed by atoms with Crippen LogP contribution in [0.2, 0.25) is 0 Å². The summed E-state index contributed by atoms with van der Waals surface area (Å²) in [4.78, 5) is 27.6. The number of carboxylic acids is 1. The predicted molar refractivity (Wildman–Crippen MR) is 108 cm³/mol. The molecule has 12 heteroatoms. The molecular weight excluding hydrogens is 429 g/mol. The standard InChI is InChI=1S/C18H20N6O.C2HF3O2/c1-23(11-15-5-2-4-14-6-3-7-20-17(14)15)18(25)16-12-24(22-21-16)10-13-8-19-9-13;3-2(4,5)1(6)7/h2-7,12-13,19H,8-11H2,1H3;(H,6,7). The van der Waals surface area contributed by atoms with Crippen LogP contribution in [0.3, 0.4) is 0 Å². The summed E-state index contributed by atoms with van der Waals surface area (Å²) in [7, 11) is 1.78. The summed E-state index contributed by atoms with van der Waals surface area (Å²) in [6.45, 7) is 3.27. The number of rotatable bonds is 5. The molecule has 1 amide bonds. The number of aromatic nitrogens is 4. The van der Waals surface area contributed by atoms with Crippen molar-refractivity contribution in [2.45, 2.75) is 19.3 Å². The number of para-hydroxylation sites is 1. The van der Waals surface area contributed by atoms with Gasteiger partial charge in [-0.05, 0) is 11.6 Å². The molecule has 2 aromatic heterocycles. The number of halogens is 3. The molecule has 1 saturated heterocycles. The molecule has 0 bridgehead atoms. The van der Waals surface area contributed by atoms with Crippen molar-refractivity contribution in [2.24, 2.45) is 5.92 Å². The van der Waals surface area contributed by atoms with Crippen molar-refractivity contribution >= 4 is 22.8 Å². The van der Waals surface area contributed by atoms with Crippen LogP contribution in [0.1, 0.15) is 16.1 Å². The zero-order valence-electron chi connectivity index (χ0n) is 17.1. The van der Waals surface area contributed by atoms with Gasteiger partial charge in [-0.15, -0.1) is 5.10 Å². The van der Waals surface area contributed by atoms with Gasteiger partial charge >= 0.3 is 12.1 Å². The Morgan fingerprint density at radius 3 is 2.56 bits per heavy atom. The number of pyridine rings is 1. The fraction of sp³-hybridized carbons (Fsp3) is 0.350. The maximum absolute atomic E-state index is 12.6. The Bertz CT molecular complexity index is 1090. The van der Waals surface area contributed by atoms with Gasteiger partial charge in [-0.2, -0.15) is 13.2 Å². The normalized spacial score (nSPS) is 13.8. The topological polar surface area (TPSA) is 113 Å². The molecule has 3 heterocycles. The Labute approximate surface area is 180 Å². The first-order valence-electron chi connectivity index (χ1n) is 9.64. The summed E-state index contributed by atoms with van der Waals surface area (Å²) >= 11 is 0. The molecule has 1 aliphatic heterocycles. The number of fused-ring (bicyclic) bond motifs is 1. The molecule has 9 nitrogen and oxygen atoms in total.